The van der Waals surface area contributed by atoms with E-state index in [2.05, 4.69) is 15.9 Å². The lowest BCUT2D eigenvalue weighted by Crippen LogP contribution is -2.52. The third-order valence-corrected chi connectivity index (χ3v) is 5.45. The standard InChI is InChI=1S/C23H23BrN2O7/c1-25-21(27)15(22(28)26(2)23(25)29)11-14-12-16(24)20(19(13-14)31-4)33-10-9-32-18-8-6-5-7-17(18)30-3/h5-8,11-13H,9-10H2,1-4H3. The predicted octanol–water partition coefficient (Wildman–Crippen LogP) is 3.36. The highest BCUT2D eigenvalue weighted by molar-refractivity contribution is 9.10. The third kappa shape index (κ3) is 5.11. The second-order valence-corrected chi connectivity index (χ2v) is 7.81. The number of hydrogen-bond acceptors (Lipinski definition) is 7. The highest BCUT2D eigenvalue weighted by Crippen LogP contribution is 2.37. The number of likely N-dealkylation sites (N-methyl/N-ethyl adjacent to an activating group) is 2. The van der Waals surface area contributed by atoms with Crippen LogP contribution >= 0.6 is 15.9 Å². The smallest absolute Gasteiger partial charge is 0.333 e. The van der Waals surface area contributed by atoms with Crippen molar-refractivity contribution < 1.29 is 33.3 Å². The summed E-state index contributed by atoms with van der Waals surface area (Å²) in [6.45, 7) is 0.486. The lowest BCUT2D eigenvalue weighted by atomic mass is 10.1. The van der Waals surface area contributed by atoms with Crippen LogP contribution in [0, 0.1) is 0 Å². The van der Waals surface area contributed by atoms with Gasteiger partial charge in [-0.1, -0.05) is 12.1 Å². The van der Waals surface area contributed by atoms with Gasteiger partial charge in [-0.05, 0) is 51.8 Å². The Morgan fingerprint density at radius 3 is 2.03 bits per heavy atom. The van der Waals surface area contributed by atoms with Gasteiger partial charge in [0.25, 0.3) is 11.8 Å². The first-order chi connectivity index (χ1) is 15.8. The quantitative estimate of drug-likeness (QED) is 0.300. The number of methoxy groups -OCH3 is 2. The zero-order chi connectivity index (χ0) is 24.1. The normalized spacial score (nSPS) is 13.8. The highest BCUT2D eigenvalue weighted by atomic mass is 79.9. The summed E-state index contributed by atoms with van der Waals surface area (Å²) in [4.78, 5) is 38.6. The summed E-state index contributed by atoms with van der Waals surface area (Å²) < 4.78 is 22.8. The molecule has 1 heterocycles. The highest BCUT2D eigenvalue weighted by Gasteiger charge is 2.37. The molecule has 2 aromatic carbocycles. The van der Waals surface area contributed by atoms with Crippen LogP contribution in [0.2, 0.25) is 0 Å². The maximum absolute atomic E-state index is 12.4. The number of hydrogen-bond donors (Lipinski definition) is 0. The molecule has 0 saturated carbocycles. The van der Waals surface area contributed by atoms with Crippen LogP contribution in [0.15, 0.2) is 46.4 Å². The lowest BCUT2D eigenvalue weighted by molar-refractivity contribution is -0.134. The molecule has 0 atom stereocenters. The fourth-order valence-corrected chi connectivity index (χ4v) is 3.71. The largest absolute Gasteiger partial charge is 0.493 e. The van der Waals surface area contributed by atoms with Crippen molar-refractivity contribution in [3.8, 4) is 23.0 Å². The van der Waals surface area contributed by atoms with E-state index in [1.54, 1.807) is 31.4 Å². The van der Waals surface area contributed by atoms with Crippen LogP contribution in [0.3, 0.4) is 0 Å². The molecule has 33 heavy (non-hydrogen) atoms. The molecule has 1 fully saturated rings. The molecule has 0 aromatic heterocycles. The van der Waals surface area contributed by atoms with Gasteiger partial charge in [-0.25, -0.2) is 4.79 Å². The van der Waals surface area contributed by atoms with Crippen molar-refractivity contribution in [3.63, 3.8) is 0 Å². The number of carbonyl (C=O) groups is 3. The van der Waals surface area contributed by atoms with E-state index in [9.17, 15) is 14.4 Å². The fraction of sp³-hybridized carbons (Fsp3) is 0.261. The first-order valence-corrected chi connectivity index (χ1v) is 10.7. The van der Waals surface area contributed by atoms with Crippen LogP contribution in [-0.4, -0.2) is 69.2 Å². The average Bonchev–Trinajstić information content (AvgIpc) is 2.82. The van der Waals surface area contributed by atoms with E-state index >= 15 is 0 Å². The minimum Gasteiger partial charge on any atom is -0.493 e. The minimum absolute atomic E-state index is 0.132. The van der Waals surface area contributed by atoms with Gasteiger partial charge >= 0.3 is 6.03 Å². The first kappa shape index (κ1) is 24.1. The number of benzene rings is 2. The Morgan fingerprint density at radius 2 is 1.42 bits per heavy atom. The third-order valence-electron chi connectivity index (χ3n) is 4.86. The molecule has 0 radical (unpaired) electrons. The first-order valence-electron chi connectivity index (χ1n) is 9.86. The number of halogens is 1. The predicted molar refractivity (Wildman–Crippen MR) is 124 cm³/mol. The maximum Gasteiger partial charge on any atom is 0.333 e. The number of imide groups is 2. The van der Waals surface area contributed by atoms with E-state index in [1.165, 1.54) is 27.3 Å². The van der Waals surface area contributed by atoms with Gasteiger partial charge in [0.15, 0.2) is 23.0 Å². The molecule has 3 rings (SSSR count). The van der Waals surface area contributed by atoms with Crippen LogP contribution < -0.4 is 18.9 Å². The molecule has 0 aliphatic carbocycles. The molecule has 174 valence electrons. The Morgan fingerprint density at radius 1 is 0.848 bits per heavy atom. The number of carbonyl (C=O) groups excluding carboxylic acids is 3. The molecule has 1 aliphatic heterocycles. The van der Waals surface area contributed by atoms with Crippen LogP contribution in [0.4, 0.5) is 4.79 Å². The molecule has 1 aliphatic rings. The molecule has 0 bridgehead atoms. The number of urea groups is 1. The second-order valence-electron chi connectivity index (χ2n) is 6.95. The van der Waals surface area contributed by atoms with Gasteiger partial charge in [0.2, 0.25) is 0 Å². The van der Waals surface area contributed by atoms with E-state index in [0.29, 0.717) is 33.0 Å². The van der Waals surface area contributed by atoms with Crippen molar-refractivity contribution in [3.05, 3.63) is 52.0 Å². The van der Waals surface area contributed by atoms with E-state index < -0.39 is 17.8 Å². The molecule has 10 heteroatoms. The molecule has 0 N–H and O–H groups in total. The van der Waals surface area contributed by atoms with E-state index in [4.69, 9.17) is 18.9 Å². The van der Waals surface area contributed by atoms with Gasteiger partial charge in [0.1, 0.15) is 18.8 Å². The number of para-hydroxylation sites is 2. The Balaban J connectivity index is 1.76. The number of ether oxygens (including phenoxy) is 4. The van der Waals surface area contributed by atoms with E-state index in [-0.39, 0.29) is 18.8 Å². The number of barbiturate groups is 1. The Bertz CT molecular complexity index is 1090. The zero-order valence-electron chi connectivity index (χ0n) is 18.6. The summed E-state index contributed by atoms with van der Waals surface area (Å²) in [5.74, 6) is 0.709. The summed E-state index contributed by atoms with van der Waals surface area (Å²) in [6.07, 6.45) is 1.41. The topological polar surface area (TPSA) is 94.6 Å². The Hall–Kier alpha value is -3.53. The van der Waals surface area contributed by atoms with Crippen LogP contribution in [-0.2, 0) is 9.59 Å². The monoisotopic (exact) mass is 518 g/mol. The summed E-state index contributed by atoms with van der Waals surface area (Å²) in [5.41, 5.74) is 0.386. The molecular weight excluding hydrogens is 496 g/mol. The van der Waals surface area contributed by atoms with Crippen molar-refractivity contribution in [2.24, 2.45) is 0 Å². The van der Waals surface area contributed by atoms with Crippen LogP contribution in [0.5, 0.6) is 23.0 Å². The van der Waals surface area contributed by atoms with Crippen molar-refractivity contribution in [1.82, 2.24) is 9.80 Å². The summed E-state index contributed by atoms with van der Waals surface area (Å²) in [7, 11) is 5.69. The molecule has 9 nitrogen and oxygen atoms in total. The van der Waals surface area contributed by atoms with Crippen molar-refractivity contribution in [1.29, 1.82) is 0 Å². The molecule has 0 unspecified atom stereocenters. The number of rotatable bonds is 8. The van der Waals surface area contributed by atoms with Gasteiger partial charge in [0, 0.05) is 14.1 Å². The van der Waals surface area contributed by atoms with Crippen molar-refractivity contribution >= 4 is 39.9 Å². The molecular formula is C23H23BrN2O7. The Kier molecular flexibility index (Phi) is 7.59. The molecule has 0 spiro atoms. The van der Waals surface area contributed by atoms with Gasteiger partial charge in [-0.15, -0.1) is 0 Å². The van der Waals surface area contributed by atoms with Gasteiger partial charge in [-0.3, -0.25) is 19.4 Å². The summed E-state index contributed by atoms with van der Waals surface area (Å²) >= 11 is 3.45. The maximum atomic E-state index is 12.4. The zero-order valence-corrected chi connectivity index (χ0v) is 20.2. The lowest BCUT2D eigenvalue weighted by Gasteiger charge is -2.28. The van der Waals surface area contributed by atoms with Crippen molar-refractivity contribution in [2.75, 3.05) is 41.5 Å². The van der Waals surface area contributed by atoms with Gasteiger partial charge in [0.05, 0.1) is 18.7 Å². The Labute approximate surface area is 199 Å². The minimum atomic E-state index is -0.681. The fourth-order valence-electron chi connectivity index (χ4n) is 3.14. The SMILES string of the molecule is COc1ccccc1OCCOc1c(Br)cc(C=C2C(=O)N(C)C(=O)N(C)C2=O)cc1OC. The second kappa shape index (κ2) is 10.4. The summed E-state index contributed by atoms with van der Waals surface area (Å²) in [6, 6.07) is 9.93. The van der Waals surface area contributed by atoms with E-state index in [0.717, 1.165) is 9.80 Å². The number of amides is 4. The van der Waals surface area contributed by atoms with Crippen LogP contribution in [0.25, 0.3) is 6.08 Å². The van der Waals surface area contributed by atoms with Gasteiger partial charge < -0.3 is 18.9 Å². The molecule has 2 aromatic rings. The molecule has 4 amide bonds. The molecule has 1 saturated heterocycles. The average molecular weight is 519 g/mol. The van der Waals surface area contributed by atoms with E-state index in [1.807, 2.05) is 12.1 Å². The van der Waals surface area contributed by atoms with Crippen molar-refractivity contribution in [2.45, 2.75) is 0 Å². The van der Waals surface area contributed by atoms with Gasteiger partial charge in [-0.2, -0.15) is 0 Å². The van der Waals surface area contributed by atoms with Crippen LogP contribution in [0.1, 0.15) is 5.56 Å². The summed E-state index contributed by atoms with van der Waals surface area (Å²) in [5, 5.41) is 0. The number of nitrogens with zero attached hydrogens (tertiary/aromatic N) is 2.